The first-order valence-electron chi connectivity index (χ1n) is 18.4. The lowest BCUT2D eigenvalue weighted by molar-refractivity contribution is 0.0141. The molecule has 1 unspecified atom stereocenters. The summed E-state index contributed by atoms with van der Waals surface area (Å²) in [7, 11) is 0. The van der Waals surface area contributed by atoms with Gasteiger partial charge in [-0.25, -0.2) is 19.6 Å². The number of carbonyl (C=O) groups is 2. The van der Waals surface area contributed by atoms with E-state index >= 15 is 0 Å². The Morgan fingerprint density at radius 2 is 1.00 bits per heavy atom. The highest BCUT2D eigenvalue weighted by Gasteiger charge is 2.40. The molecule has 4 heterocycles. The molecule has 2 saturated heterocycles. The zero-order valence-corrected chi connectivity index (χ0v) is 31.5. The van der Waals surface area contributed by atoms with Crippen LogP contribution in [0.1, 0.15) is 105 Å². The van der Waals surface area contributed by atoms with E-state index in [-0.39, 0.29) is 36.4 Å². The molecule has 7 rings (SSSR count). The Kier molecular flexibility index (Phi) is 9.13. The molecule has 5 aromatic rings. The number of benzene rings is 3. The normalized spacial score (nSPS) is 20.8. The number of likely N-dealkylation sites (tertiary alicyclic amines) is 2. The fourth-order valence-corrected chi connectivity index (χ4v) is 7.49. The van der Waals surface area contributed by atoms with Gasteiger partial charge in [-0.05, 0) is 121 Å². The van der Waals surface area contributed by atoms with Gasteiger partial charge in [0.15, 0.2) is 0 Å². The number of H-pyrrole nitrogens is 2. The fourth-order valence-electron chi connectivity index (χ4n) is 7.49. The number of hydrogen-bond donors (Lipinski definition) is 2. The second-order valence-electron chi connectivity index (χ2n) is 16.4. The number of nitrogens with zero attached hydrogens (tertiary/aromatic N) is 4. The molecule has 0 bridgehead atoms. The molecule has 3 aromatic carbocycles. The van der Waals surface area contributed by atoms with Crippen molar-refractivity contribution in [2.45, 2.75) is 116 Å². The minimum atomic E-state index is -0.555. The smallest absolute Gasteiger partial charge is 0.411 e. The van der Waals surface area contributed by atoms with Crippen LogP contribution < -0.4 is 0 Å². The number of ether oxygens (including phenoxy) is 2. The monoisotopic (exact) mass is 702 g/mol. The van der Waals surface area contributed by atoms with Crippen LogP contribution in [0, 0.1) is 0 Å². The van der Waals surface area contributed by atoms with E-state index in [9.17, 15) is 9.59 Å². The summed E-state index contributed by atoms with van der Waals surface area (Å²) in [4.78, 5) is 46.1. The predicted molar refractivity (Wildman–Crippen MR) is 204 cm³/mol. The van der Waals surface area contributed by atoms with Gasteiger partial charge in [-0.2, -0.15) is 0 Å². The number of aromatic nitrogens is 4. The van der Waals surface area contributed by atoms with E-state index < -0.39 is 11.2 Å². The number of amides is 2. The van der Waals surface area contributed by atoms with Crippen LogP contribution in [0.3, 0.4) is 0 Å². The second kappa shape index (κ2) is 13.5. The average Bonchev–Trinajstić information content (AvgIpc) is 3.89. The van der Waals surface area contributed by atoms with Crippen molar-refractivity contribution in [1.82, 2.24) is 29.7 Å². The van der Waals surface area contributed by atoms with E-state index in [1.807, 2.05) is 63.7 Å². The Morgan fingerprint density at radius 3 is 1.48 bits per heavy atom. The van der Waals surface area contributed by atoms with Gasteiger partial charge in [0, 0.05) is 17.6 Å². The summed E-state index contributed by atoms with van der Waals surface area (Å²) >= 11 is 0. The van der Waals surface area contributed by atoms with E-state index in [4.69, 9.17) is 19.4 Å². The third-order valence-corrected chi connectivity index (χ3v) is 10.0. The minimum Gasteiger partial charge on any atom is -0.444 e. The first kappa shape index (κ1) is 35.3. The third kappa shape index (κ3) is 7.29. The Labute approximate surface area is 305 Å². The summed E-state index contributed by atoms with van der Waals surface area (Å²) in [5.74, 6) is 1.57. The molecule has 10 heteroatoms. The number of nitrogens with one attached hydrogen (secondary N) is 2. The van der Waals surface area contributed by atoms with Crippen molar-refractivity contribution in [3.63, 3.8) is 0 Å². The molecule has 2 aliphatic heterocycles. The van der Waals surface area contributed by atoms with Crippen LogP contribution in [0.15, 0.2) is 73.1 Å². The lowest BCUT2D eigenvalue weighted by Gasteiger charge is -2.30. The van der Waals surface area contributed by atoms with E-state index in [1.54, 1.807) is 0 Å². The van der Waals surface area contributed by atoms with Crippen molar-refractivity contribution in [3.05, 3.63) is 84.7 Å². The predicted octanol–water partition coefficient (Wildman–Crippen LogP) is 10.2. The number of imidazole rings is 2. The molecule has 2 fully saturated rings. The van der Waals surface area contributed by atoms with E-state index in [2.05, 4.69) is 84.5 Å². The molecule has 52 heavy (non-hydrogen) atoms. The number of carbonyl (C=O) groups excluding carboxylic acids is 2. The van der Waals surface area contributed by atoms with Crippen LogP contribution in [-0.4, -0.2) is 65.2 Å². The highest BCUT2D eigenvalue weighted by molar-refractivity contribution is 5.90. The SMILES string of the molecule is C[C@H]1CCC(c2ncc(-c3ccc4cc(-c5ccc(-c6cnc([C@@H]7CC[C@H](C)N7C(=O)OC(C)(C)C)[nH]6)cc5)ccc4c3)[nH]2)N1C(=O)OC(C)(C)C. The van der Waals surface area contributed by atoms with Crippen molar-refractivity contribution < 1.29 is 19.1 Å². The number of fused-ring (bicyclic) bond motifs is 1. The average molecular weight is 703 g/mol. The van der Waals surface area contributed by atoms with Crippen molar-refractivity contribution in [1.29, 1.82) is 0 Å². The van der Waals surface area contributed by atoms with Gasteiger partial charge in [0.25, 0.3) is 0 Å². The highest BCUT2D eigenvalue weighted by atomic mass is 16.6. The minimum absolute atomic E-state index is 0.0853. The Hall–Kier alpha value is -5.12. The maximum Gasteiger partial charge on any atom is 0.411 e. The molecular weight excluding hydrogens is 653 g/mol. The lowest BCUT2D eigenvalue weighted by atomic mass is 9.98. The summed E-state index contributed by atoms with van der Waals surface area (Å²) in [6.07, 6.45) is 6.60. The summed E-state index contributed by atoms with van der Waals surface area (Å²) in [6.45, 7) is 15.5. The molecule has 0 saturated carbocycles. The fraction of sp³-hybridized carbons (Fsp3) is 0.429. The first-order valence-corrected chi connectivity index (χ1v) is 18.4. The Bertz CT molecular complexity index is 2090. The molecule has 0 spiro atoms. The van der Waals surface area contributed by atoms with Crippen LogP contribution in [0.2, 0.25) is 0 Å². The van der Waals surface area contributed by atoms with Gasteiger partial charge >= 0.3 is 12.2 Å². The second-order valence-corrected chi connectivity index (χ2v) is 16.4. The molecule has 2 aliphatic rings. The summed E-state index contributed by atoms with van der Waals surface area (Å²) in [5, 5.41) is 2.27. The van der Waals surface area contributed by atoms with E-state index in [0.29, 0.717) is 0 Å². The summed E-state index contributed by atoms with van der Waals surface area (Å²) in [6, 6.07) is 21.3. The van der Waals surface area contributed by atoms with Crippen molar-refractivity contribution >= 4 is 23.0 Å². The quantitative estimate of drug-likeness (QED) is 0.188. The zero-order valence-electron chi connectivity index (χ0n) is 31.5. The summed E-state index contributed by atoms with van der Waals surface area (Å²) < 4.78 is 11.4. The van der Waals surface area contributed by atoms with Gasteiger partial charge in [-0.3, -0.25) is 9.80 Å². The summed E-state index contributed by atoms with van der Waals surface area (Å²) in [5.41, 5.74) is 5.05. The van der Waals surface area contributed by atoms with Gasteiger partial charge in [0.1, 0.15) is 22.9 Å². The molecule has 2 amide bonds. The van der Waals surface area contributed by atoms with Gasteiger partial charge in [0.2, 0.25) is 0 Å². The number of rotatable bonds is 5. The zero-order chi connectivity index (χ0) is 36.9. The third-order valence-electron chi connectivity index (χ3n) is 10.0. The van der Waals surface area contributed by atoms with Crippen LogP contribution in [0.4, 0.5) is 9.59 Å². The number of aromatic amines is 2. The van der Waals surface area contributed by atoms with Gasteiger partial charge < -0.3 is 19.4 Å². The highest BCUT2D eigenvalue weighted by Crippen LogP contribution is 2.39. The maximum atomic E-state index is 13.0. The maximum absolute atomic E-state index is 13.0. The van der Waals surface area contributed by atoms with Crippen molar-refractivity contribution in [2.24, 2.45) is 0 Å². The molecule has 2 aromatic heterocycles. The lowest BCUT2D eigenvalue weighted by Crippen LogP contribution is -2.40. The largest absolute Gasteiger partial charge is 0.444 e. The number of hydrogen-bond acceptors (Lipinski definition) is 6. The van der Waals surface area contributed by atoms with Crippen LogP contribution in [0.25, 0.3) is 44.4 Å². The van der Waals surface area contributed by atoms with Crippen LogP contribution in [0.5, 0.6) is 0 Å². The van der Waals surface area contributed by atoms with Crippen LogP contribution in [-0.2, 0) is 9.47 Å². The van der Waals surface area contributed by atoms with E-state index in [0.717, 1.165) is 81.7 Å². The van der Waals surface area contributed by atoms with Crippen molar-refractivity contribution in [3.8, 4) is 33.6 Å². The molecule has 10 nitrogen and oxygen atoms in total. The van der Waals surface area contributed by atoms with Crippen LogP contribution >= 0.6 is 0 Å². The van der Waals surface area contributed by atoms with E-state index in [1.165, 1.54) is 0 Å². The standard InChI is InChI=1S/C42H50N6O4/c1-25-9-19-35(47(25)39(49)51-41(3,4)5)37-43-23-33(45-37)28-13-11-27(12-14-28)29-15-16-31-22-32(18-17-30(31)21-29)34-24-44-38(46-34)36-20-10-26(2)48(36)40(50)52-42(6,7)8/h11-18,21-26,35-36H,9-10,19-20H2,1-8H3,(H,43,45)(H,44,46)/t25-,26-,35-,36?/m0/s1. The van der Waals surface area contributed by atoms with Gasteiger partial charge in [0.05, 0.1) is 35.9 Å². The van der Waals surface area contributed by atoms with Gasteiger partial charge in [-0.15, -0.1) is 0 Å². The van der Waals surface area contributed by atoms with Crippen molar-refractivity contribution in [2.75, 3.05) is 0 Å². The molecule has 2 N–H and O–H groups in total. The molecule has 272 valence electrons. The topological polar surface area (TPSA) is 116 Å². The Balaban J connectivity index is 1.05. The Morgan fingerprint density at radius 1 is 0.596 bits per heavy atom. The first-order chi connectivity index (χ1) is 24.6. The molecule has 0 radical (unpaired) electrons. The van der Waals surface area contributed by atoms with Gasteiger partial charge in [-0.1, -0.05) is 48.5 Å². The molecular formula is C42H50N6O4. The molecule has 0 aliphatic carbocycles. The molecule has 4 atom stereocenters.